The summed E-state index contributed by atoms with van der Waals surface area (Å²) in [5.74, 6) is -3.90. The molecule has 0 amide bonds. The maximum atomic E-state index is 10.7. The van der Waals surface area contributed by atoms with E-state index in [1.54, 1.807) is 0 Å². The number of carboxylic acid groups (broad SMARTS) is 2. The number of carbonyl (C=O) groups excluding carboxylic acids is 2. The van der Waals surface area contributed by atoms with Crippen molar-refractivity contribution in [2.75, 3.05) is 0 Å². The minimum Gasteiger partial charge on any atom is -0.872 e. The fraction of sp³-hybridized carbons (Fsp3) is 0. The Morgan fingerprint density at radius 3 is 1.38 bits per heavy atom. The van der Waals surface area contributed by atoms with Gasteiger partial charge in [0.2, 0.25) is 0 Å². The number of hydrogen-bond acceptors (Lipinski definition) is 5. The molecule has 1 rings (SSSR count). The van der Waals surface area contributed by atoms with Crippen molar-refractivity contribution >= 4 is 11.9 Å². The molecule has 8 heteroatoms. The molecule has 0 unspecified atom stereocenters. The third-order valence-electron chi connectivity index (χ3n) is 1.38. The van der Waals surface area contributed by atoms with E-state index in [-0.39, 0.29) is 88.7 Å². The van der Waals surface area contributed by atoms with Gasteiger partial charge in [0.05, 0.1) is 11.9 Å². The van der Waals surface area contributed by atoms with Gasteiger partial charge in [-0.2, -0.15) is 0 Å². The molecule has 1 aromatic rings. The summed E-state index contributed by atoms with van der Waals surface area (Å²) in [5, 5.41) is 31.3. The first-order chi connectivity index (χ1) is 6.00. The summed E-state index contributed by atoms with van der Waals surface area (Å²) in [6.45, 7) is 0. The van der Waals surface area contributed by atoms with Crippen LogP contribution < -0.4 is 104 Å². The molecule has 0 N–H and O–H groups in total. The fourth-order valence-corrected chi connectivity index (χ4v) is 0.835. The van der Waals surface area contributed by atoms with E-state index in [9.17, 15) is 24.9 Å². The summed E-state index contributed by atoms with van der Waals surface area (Å²) in [4.78, 5) is 20.5. The summed E-state index contributed by atoms with van der Waals surface area (Å²) in [5.41, 5.74) is -0.932. The second-order valence-electron chi connectivity index (χ2n) is 2.32. The van der Waals surface area contributed by atoms with Gasteiger partial charge in [-0.25, -0.2) is 0 Å². The summed E-state index contributed by atoms with van der Waals surface area (Å²) >= 11 is 0. The van der Waals surface area contributed by atoms with E-state index in [0.29, 0.717) is 0 Å². The molecule has 0 saturated heterocycles. The predicted octanol–water partition coefficient (Wildman–Crippen LogP) is -11.5. The molecule has 0 atom stereocenters. The van der Waals surface area contributed by atoms with Crippen molar-refractivity contribution in [1.82, 2.24) is 0 Å². The molecule has 0 aliphatic heterocycles. The van der Waals surface area contributed by atoms with Crippen LogP contribution in [0.15, 0.2) is 18.2 Å². The van der Waals surface area contributed by atoms with Crippen molar-refractivity contribution in [3.8, 4) is 5.75 Å². The Balaban J connectivity index is -0.000000563. The molecule has 0 fully saturated rings. The van der Waals surface area contributed by atoms with Gasteiger partial charge in [-0.05, 0) is 17.2 Å². The van der Waals surface area contributed by atoms with Crippen molar-refractivity contribution in [3.63, 3.8) is 0 Å². The number of benzene rings is 1. The van der Waals surface area contributed by atoms with Crippen LogP contribution in [0.1, 0.15) is 20.7 Å². The first-order valence-corrected chi connectivity index (χ1v) is 3.25. The minimum atomic E-state index is -1.60. The quantitative estimate of drug-likeness (QED) is 0.483. The topological polar surface area (TPSA) is 103 Å². The van der Waals surface area contributed by atoms with E-state index in [1.165, 1.54) is 0 Å². The minimum absolute atomic E-state index is 0. The maximum absolute atomic E-state index is 10.7. The van der Waals surface area contributed by atoms with Crippen LogP contribution in [0.2, 0.25) is 0 Å². The van der Waals surface area contributed by atoms with Gasteiger partial charge in [0.1, 0.15) is 0 Å². The number of rotatable bonds is 2. The Bertz CT molecular complexity index is 348. The van der Waals surface area contributed by atoms with Crippen molar-refractivity contribution in [1.29, 1.82) is 0 Å². The van der Waals surface area contributed by atoms with Crippen LogP contribution in [0, 0.1) is 0 Å². The molecule has 68 valence electrons. The van der Waals surface area contributed by atoms with Gasteiger partial charge in [0.25, 0.3) is 0 Å². The van der Waals surface area contributed by atoms with Gasteiger partial charge < -0.3 is 24.9 Å². The summed E-state index contributed by atoms with van der Waals surface area (Å²) in [7, 11) is 0. The van der Waals surface area contributed by atoms with Crippen LogP contribution in [0.5, 0.6) is 5.75 Å². The average molecular weight is 248 g/mol. The van der Waals surface area contributed by atoms with Crippen molar-refractivity contribution in [2.45, 2.75) is 0 Å². The van der Waals surface area contributed by atoms with Gasteiger partial charge in [0.15, 0.2) is 0 Å². The summed E-state index contributed by atoms with van der Waals surface area (Å²) in [6.07, 6.45) is 0. The third kappa shape index (κ3) is 6.64. The molecule has 16 heavy (non-hydrogen) atoms. The SMILES string of the molecule is O=C([O-])c1cc([O-])cc(C(=O)[O-])c1.[Na+].[Na+].[Na+]. The van der Waals surface area contributed by atoms with Gasteiger partial charge in [-0.3, -0.25) is 0 Å². The van der Waals surface area contributed by atoms with Crippen LogP contribution in [-0.2, 0) is 0 Å². The van der Waals surface area contributed by atoms with E-state index in [4.69, 9.17) is 0 Å². The molecule has 0 aliphatic rings. The molecule has 0 heterocycles. The first-order valence-electron chi connectivity index (χ1n) is 3.25. The molecule has 0 aliphatic carbocycles. The van der Waals surface area contributed by atoms with Crippen molar-refractivity contribution in [3.05, 3.63) is 29.3 Å². The van der Waals surface area contributed by atoms with E-state index < -0.39 is 28.8 Å². The van der Waals surface area contributed by atoms with Gasteiger partial charge in [-0.1, -0.05) is 12.1 Å². The molecular formula is C8H3Na3O5. The maximum Gasteiger partial charge on any atom is 1.00 e. The van der Waals surface area contributed by atoms with E-state index in [0.717, 1.165) is 18.2 Å². The predicted molar refractivity (Wildman–Crippen MR) is 34.5 cm³/mol. The van der Waals surface area contributed by atoms with Crippen LogP contribution in [0.25, 0.3) is 0 Å². The van der Waals surface area contributed by atoms with Crippen LogP contribution >= 0.6 is 0 Å². The van der Waals surface area contributed by atoms with Crippen LogP contribution in [-0.4, -0.2) is 11.9 Å². The molecule has 0 radical (unpaired) electrons. The normalized spacial score (nSPS) is 7.75. The Hall–Kier alpha value is 0.960. The van der Waals surface area contributed by atoms with E-state index >= 15 is 0 Å². The Labute approximate surface area is 158 Å². The fourth-order valence-electron chi connectivity index (χ4n) is 0.835. The number of hydrogen-bond donors (Lipinski definition) is 0. The molecule has 0 bridgehead atoms. The molecule has 0 saturated carbocycles. The number of carbonyl (C=O) groups is 2. The summed E-state index contributed by atoms with van der Waals surface area (Å²) in [6, 6.07) is 2.37. The average Bonchev–Trinajstić information content (AvgIpc) is 2.03. The van der Waals surface area contributed by atoms with Crippen LogP contribution in [0.3, 0.4) is 0 Å². The van der Waals surface area contributed by atoms with Gasteiger partial charge >= 0.3 is 88.7 Å². The van der Waals surface area contributed by atoms with Gasteiger partial charge in [-0.15, -0.1) is 5.75 Å². The number of carboxylic acids is 2. The molecule has 5 nitrogen and oxygen atoms in total. The number of aromatic carboxylic acids is 2. The monoisotopic (exact) mass is 248 g/mol. The van der Waals surface area contributed by atoms with E-state index in [1.807, 2.05) is 0 Å². The third-order valence-corrected chi connectivity index (χ3v) is 1.38. The Kier molecular flexibility index (Phi) is 13.8. The zero-order valence-electron chi connectivity index (χ0n) is 9.27. The van der Waals surface area contributed by atoms with Crippen molar-refractivity contribution in [2.24, 2.45) is 0 Å². The zero-order chi connectivity index (χ0) is 10.0. The molecule has 0 aromatic heterocycles. The second-order valence-corrected chi connectivity index (χ2v) is 2.32. The molecular weight excluding hydrogens is 245 g/mol. The van der Waals surface area contributed by atoms with Gasteiger partial charge in [0, 0.05) is 0 Å². The molecule has 1 aromatic carbocycles. The largest absolute Gasteiger partial charge is 1.00 e. The second kappa shape index (κ2) is 9.94. The zero-order valence-corrected chi connectivity index (χ0v) is 15.3. The summed E-state index contributed by atoms with van der Waals surface area (Å²) < 4.78 is 0. The standard InChI is InChI=1S/C8H6O5.3Na/c9-6-2-4(7(10)11)1-5(3-6)8(12)13;;;/h1-3,9H,(H,10,11)(H,12,13);;;/q;3*+1/p-3. The smallest absolute Gasteiger partial charge is 0.872 e. The van der Waals surface area contributed by atoms with Crippen LogP contribution in [0.4, 0.5) is 0 Å². The first kappa shape index (κ1) is 22.2. The molecule has 0 spiro atoms. The van der Waals surface area contributed by atoms with E-state index in [2.05, 4.69) is 0 Å². The van der Waals surface area contributed by atoms with Crippen molar-refractivity contribution < 1.29 is 114 Å². The Morgan fingerprint density at radius 2 is 1.12 bits per heavy atom. The Morgan fingerprint density at radius 1 is 0.812 bits per heavy atom.